The van der Waals surface area contributed by atoms with Crippen molar-refractivity contribution < 1.29 is 60.4 Å². The number of hydrogen-bond acceptors (Lipinski definition) is 22. The fourth-order valence-electron chi connectivity index (χ4n) is 14.5. The molecule has 3 N–H and O–H groups in total. The number of nitrogens with one attached hydrogen (secondary N) is 3. The number of benzene rings is 6. The van der Waals surface area contributed by atoms with E-state index in [1.54, 1.807) is 85.8 Å². The Morgan fingerprint density at radius 3 is 1.93 bits per heavy atom. The first-order valence-corrected chi connectivity index (χ1v) is 39.3. The van der Waals surface area contributed by atoms with Crippen molar-refractivity contribution in [2.45, 2.75) is 140 Å². The number of phosphoric acid groups is 1. The van der Waals surface area contributed by atoms with Gasteiger partial charge in [0.15, 0.2) is 17.0 Å². The second kappa shape index (κ2) is 35.0. The summed E-state index contributed by atoms with van der Waals surface area (Å²) in [6, 6.07) is 49.7. The molecular weight excluding hydrogens is 1510 g/mol. The largest absolute Gasteiger partial charge is 0.530 e. The second-order valence-electron chi connectivity index (χ2n) is 27.4. The van der Waals surface area contributed by atoms with E-state index in [0.717, 1.165) is 5.56 Å². The summed E-state index contributed by atoms with van der Waals surface area (Å²) in [6.07, 6.45) is -4.02. The number of H-pyrrole nitrogens is 2. The van der Waals surface area contributed by atoms with Crippen LogP contribution >= 0.6 is 39.6 Å². The van der Waals surface area contributed by atoms with E-state index in [-0.39, 0.29) is 94.9 Å². The Hall–Kier alpha value is -9.53. The van der Waals surface area contributed by atoms with Gasteiger partial charge in [0.25, 0.3) is 25.6 Å². The molecule has 28 nitrogen and oxygen atoms in total. The zero-order valence-electron chi connectivity index (χ0n) is 61.8. The van der Waals surface area contributed by atoms with Crippen LogP contribution in [0.15, 0.2) is 196 Å². The maximum atomic E-state index is 16.8. The van der Waals surface area contributed by atoms with Gasteiger partial charge in [0.2, 0.25) is 0 Å². The van der Waals surface area contributed by atoms with E-state index in [2.05, 4.69) is 32.4 Å². The standard InChI is InChI=1S/C79H82Cl2N11O17P2/c1-47(2)92(48(3)4)110(102-36-18-35-82)107-62-39-67(89-41-49(5)74(93)87-77(89)96)105-65(62)44-103-111(98,108-61-26-16-15-25-60(61)81)109-63-40-68(90-42-50(6)75(94)88-78(90)97)106-71(63)69(52-21-17-24-56(80)37-52)59-38-66(91-46-85-70-72(83-45-84-73(70)91)86-76(95)51-19-11-9-12-20-51)104-64(59)43-101-79(53-22-13-10-14-23-53,54-27-31-57(99-7)32-28-54)55-29-33-58(100-8)34-30-55/h9-17,19-23,25-34,37,41-42,45-48,59,62-69,71H,18,36,38-40,43-44H2,1-8H3,(H,87,93,96)(H,88,94,97)(H,83,84,86,95)/t59-,62+,63+,64+,65-,66-,67-,68-,69?,71+,110?,111?/m1/s1. The lowest BCUT2D eigenvalue weighted by Crippen LogP contribution is -2.41. The van der Waals surface area contributed by atoms with Crippen LogP contribution < -0.4 is 41.8 Å². The van der Waals surface area contributed by atoms with Gasteiger partial charge in [-0.05, 0) is 125 Å². The minimum Gasteiger partial charge on any atom is -0.497 e. The van der Waals surface area contributed by atoms with Crippen molar-refractivity contribution in [1.29, 1.82) is 5.26 Å². The van der Waals surface area contributed by atoms with Gasteiger partial charge in [-0.1, -0.05) is 120 Å². The lowest BCUT2D eigenvalue weighted by molar-refractivity contribution is -0.0954. The van der Waals surface area contributed by atoms with Crippen LogP contribution in [0.3, 0.4) is 0 Å². The molecule has 6 aromatic carbocycles. The summed E-state index contributed by atoms with van der Waals surface area (Å²) in [4.78, 5) is 86.8. The lowest BCUT2D eigenvalue weighted by Gasteiger charge is -2.39. The first-order valence-electron chi connectivity index (χ1n) is 36.0. The van der Waals surface area contributed by atoms with Gasteiger partial charge in [0, 0.05) is 76.9 Å². The van der Waals surface area contributed by atoms with Crippen molar-refractivity contribution in [3.63, 3.8) is 0 Å². The number of halogens is 2. The Labute approximate surface area is 650 Å². The molecular formula is C79H82Cl2N11O17P2. The van der Waals surface area contributed by atoms with E-state index in [4.69, 9.17) is 84.2 Å². The number of fused-ring (bicyclic) bond motifs is 1. The predicted octanol–water partition coefficient (Wildman–Crippen LogP) is 13.4. The number of para-hydroxylation sites is 1. The monoisotopic (exact) mass is 1590 g/mol. The number of aromatic amines is 2. The molecule has 3 fully saturated rings. The molecule has 3 aliphatic heterocycles. The SMILES string of the molecule is COc1ccc(C(OC[C@@H]2O[C@@H](n3cnc4c(NC(=O)c5ccccc5)ncnc43)C[C@H]2C(c2cc[c]c(Cl)c2)[C@H]2O[C@@H](n3cc(C)c(=O)[nH]c3=O)C[C@@H]2OP(=O)(OC[C@H]2O[C@@H](n3cc(C)c(=O)[nH]c3=O)C[C@@H]2OP(OCCC#N)N(C(C)C)C(C)C)Oc2ccccc2Cl)(c2ccccc2)c2ccc(OC)cc2)cc1. The third-order valence-corrected chi connectivity index (χ3v) is 23.8. The van der Waals surface area contributed by atoms with E-state index in [9.17, 15) is 29.2 Å². The van der Waals surface area contributed by atoms with Crippen LogP contribution in [0.5, 0.6) is 17.2 Å². The molecule has 7 heterocycles. The Bertz CT molecular complexity index is 5210. The van der Waals surface area contributed by atoms with Crippen LogP contribution in [0.4, 0.5) is 5.82 Å². The minimum atomic E-state index is -5.25. The molecule has 0 saturated carbocycles. The Balaban J connectivity index is 0.955. The van der Waals surface area contributed by atoms with Gasteiger partial charge in [-0.25, -0.2) is 33.8 Å². The zero-order valence-corrected chi connectivity index (χ0v) is 65.1. The predicted molar refractivity (Wildman–Crippen MR) is 413 cm³/mol. The summed E-state index contributed by atoms with van der Waals surface area (Å²) in [7, 11) is -4.08. The molecule has 12 atom stereocenters. The van der Waals surface area contributed by atoms with Crippen molar-refractivity contribution in [2.75, 3.05) is 39.4 Å². The number of aromatic nitrogens is 8. The van der Waals surface area contributed by atoms with E-state index in [0.29, 0.717) is 33.8 Å². The Morgan fingerprint density at radius 2 is 1.32 bits per heavy atom. The molecule has 3 unspecified atom stereocenters. The average Bonchev–Trinajstić information content (AvgIpc) is 1.46. The smallest absolute Gasteiger partial charge is 0.497 e. The van der Waals surface area contributed by atoms with Crippen molar-refractivity contribution >= 4 is 62.4 Å². The fraction of sp³-hybridized carbons (Fsp3) is 0.354. The molecule has 3 saturated heterocycles. The molecule has 13 rings (SSSR count). The second-order valence-corrected chi connectivity index (χ2v) is 31.2. The van der Waals surface area contributed by atoms with E-state index in [1.807, 2.05) is 111 Å². The van der Waals surface area contributed by atoms with Gasteiger partial charge >= 0.3 is 19.2 Å². The summed E-state index contributed by atoms with van der Waals surface area (Å²) in [6.45, 7) is 10.1. The van der Waals surface area contributed by atoms with Gasteiger partial charge in [0.1, 0.15) is 60.1 Å². The lowest BCUT2D eigenvalue weighted by atomic mass is 9.76. The highest BCUT2D eigenvalue weighted by Gasteiger charge is 2.55. The molecule has 4 aromatic heterocycles. The van der Waals surface area contributed by atoms with Gasteiger partial charge in [-0.15, -0.1) is 0 Å². The highest BCUT2D eigenvalue weighted by molar-refractivity contribution is 7.49. The van der Waals surface area contributed by atoms with Crippen LogP contribution in [0, 0.1) is 37.2 Å². The molecule has 111 heavy (non-hydrogen) atoms. The number of methoxy groups -OCH3 is 2. The number of nitrogens with zero attached hydrogens (tertiary/aromatic N) is 8. The van der Waals surface area contributed by atoms with Crippen LogP contribution in [0.2, 0.25) is 10.0 Å². The van der Waals surface area contributed by atoms with Gasteiger partial charge in [-0.2, -0.15) is 5.26 Å². The summed E-state index contributed by atoms with van der Waals surface area (Å²) < 4.78 is 97.4. The van der Waals surface area contributed by atoms with Crippen LogP contribution in [-0.2, 0) is 47.2 Å². The molecule has 1 amide bonds. The van der Waals surface area contributed by atoms with E-state index in [1.165, 1.54) is 53.8 Å². The van der Waals surface area contributed by atoms with Crippen LogP contribution in [0.1, 0.15) is 122 Å². The molecule has 0 bridgehead atoms. The fourth-order valence-corrected chi connectivity index (χ4v) is 18.1. The third kappa shape index (κ3) is 17.6. The number of carbonyl (C=O) groups excluding carboxylic acids is 1. The summed E-state index contributed by atoms with van der Waals surface area (Å²) >= 11 is 14.0. The first kappa shape index (κ1) is 79.6. The number of phosphoric ester groups is 1. The number of anilines is 1. The number of ether oxygens (including phenoxy) is 6. The molecule has 0 spiro atoms. The topological polar surface area (TPSA) is 328 Å². The summed E-state index contributed by atoms with van der Waals surface area (Å²) in [5.41, 5.74) is -0.342. The van der Waals surface area contributed by atoms with Crippen molar-refractivity contribution in [2.24, 2.45) is 5.92 Å². The average molecular weight is 1590 g/mol. The summed E-state index contributed by atoms with van der Waals surface area (Å²) in [5.74, 6) is -1.09. The maximum Gasteiger partial charge on any atom is 0.530 e. The quantitative estimate of drug-likeness (QED) is 0.0206. The maximum absolute atomic E-state index is 16.8. The Morgan fingerprint density at radius 1 is 0.730 bits per heavy atom. The third-order valence-electron chi connectivity index (χ3n) is 19.7. The molecule has 3 aliphatic rings. The number of nitriles is 1. The molecule has 1 radical (unpaired) electrons. The number of imidazole rings is 1. The highest BCUT2D eigenvalue weighted by Crippen LogP contribution is 2.59. The zero-order chi connectivity index (χ0) is 78.3. The molecule has 579 valence electrons. The van der Waals surface area contributed by atoms with Crippen LogP contribution in [-0.4, -0.2) is 126 Å². The van der Waals surface area contributed by atoms with Gasteiger partial charge in [0.05, 0.1) is 76.2 Å². The van der Waals surface area contributed by atoms with Crippen molar-refractivity contribution in [3.8, 4) is 23.3 Å². The normalized spacial score (nSPS) is 21.0. The number of carbonyl (C=O) groups is 1. The van der Waals surface area contributed by atoms with Gasteiger partial charge in [-0.3, -0.25) is 47.1 Å². The highest BCUT2D eigenvalue weighted by atomic mass is 35.5. The van der Waals surface area contributed by atoms with Gasteiger partial charge < -0.3 is 47.3 Å². The van der Waals surface area contributed by atoms with Crippen molar-refractivity contribution in [3.05, 3.63) is 273 Å². The van der Waals surface area contributed by atoms with E-state index >= 15 is 4.57 Å². The first-order chi connectivity index (χ1) is 53.5. The van der Waals surface area contributed by atoms with E-state index < -0.39 is 118 Å². The number of hydrogen-bond donors (Lipinski definition) is 3. The Kier molecular flexibility index (Phi) is 25.1. The van der Waals surface area contributed by atoms with Crippen molar-refractivity contribution in [1.82, 2.24) is 43.3 Å². The molecule has 0 aliphatic carbocycles. The number of amides is 1. The summed E-state index contributed by atoms with van der Waals surface area (Å²) in [5, 5.41) is 12.8. The minimum absolute atomic E-state index is 0.00434. The molecule has 10 aromatic rings. The molecule has 32 heteroatoms. The number of aryl methyl sites for hydroxylation is 2. The van der Waals surface area contributed by atoms with Crippen LogP contribution in [0.25, 0.3) is 11.2 Å². The number of rotatable bonds is 31.